The highest BCUT2D eigenvalue weighted by Gasteiger charge is 2.28. The molecule has 1 aromatic rings. The Morgan fingerprint density at radius 2 is 1.35 bits per heavy atom. The molecule has 0 fully saturated rings. The molecule has 0 unspecified atom stereocenters. The van der Waals surface area contributed by atoms with Crippen LogP contribution in [0.15, 0.2) is 12.2 Å². The molecule has 0 radical (unpaired) electrons. The van der Waals surface area contributed by atoms with E-state index in [0.717, 1.165) is 0 Å². The predicted molar refractivity (Wildman–Crippen MR) is 66.9 cm³/mol. The summed E-state index contributed by atoms with van der Waals surface area (Å²) in [5.41, 5.74) is 0. The Morgan fingerprint density at radius 3 is 1.87 bits per heavy atom. The summed E-state index contributed by atoms with van der Waals surface area (Å²) in [5.74, 6) is -15.2. The molecule has 0 heterocycles. The number of rotatable bonds is 6. The molecule has 0 aliphatic heterocycles. The summed E-state index contributed by atoms with van der Waals surface area (Å²) in [4.78, 5) is 22.5. The average molecular weight is 338 g/mol. The molecule has 9 heteroatoms. The normalized spacial score (nSPS) is 10.9. The first kappa shape index (κ1) is 18.6. The largest absolute Gasteiger partial charge is 0.461 e. The molecule has 0 saturated heterocycles. The van der Waals surface area contributed by atoms with Crippen LogP contribution in [0.25, 0.3) is 0 Å². The lowest BCUT2D eigenvalue weighted by Gasteiger charge is -2.08. The van der Waals surface area contributed by atoms with Crippen LogP contribution in [0.4, 0.5) is 22.0 Å². The van der Waals surface area contributed by atoms with Gasteiger partial charge >= 0.3 is 11.9 Å². The number of esters is 2. The Bertz CT molecular complexity index is 614. The summed E-state index contributed by atoms with van der Waals surface area (Å²) in [6, 6.07) is 0. The van der Waals surface area contributed by atoms with Crippen molar-refractivity contribution in [2.45, 2.75) is 19.8 Å². The van der Waals surface area contributed by atoms with Crippen molar-refractivity contribution in [1.29, 1.82) is 0 Å². The third-order valence-electron chi connectivity index (χ3n) is 2.49. The minimum atomic E-state index is -2.37. The maximum atomic E-state index is 13.3. The molecule has 4 nitrogen and oxygen atoms in total. The molecule has 0 aliphatic carbocycles. The highest BCUT2D eigenvalue weighted by molar-refractivity contribution is 5.79. The van der Waals surface area contributed by atoms with Crippen molar-refractivity contribution in [3.8, 4) is 5.75 Å². The molecule has 23 heavy (non-hydrogen) atoms. The zero-order valence-corrected chi connectivity index (χ0v) is 11.8. The van der Waals surface area contributed by atoms with E-state index in [4.69, 9.17) is 0 Å². The van der Waals surface area contributed by atoms with Gasteiger partial charge in [-0.3, -0.25) is 9.59 Å². The van der Waals surface area contributed by atoms with E-state index in [1.54, 1.807) is 13.0 Å². The monoisotopic (exact) mass is 338 g/mol. The highest BCUT2D eigenvalue weighted by atomic mass is 19.2. The number of hydrogen-bond donors (Lipinski definition) is 0. The highest BCUT2D eigenvalue weighted by Crippen LogP contribution is 2.29. The van der Waals surface area contributed by atoms with E-state index >= 15 is 0 Å². The van der Waals surface area contributed by atoms with Crippen LogP contribution in [0.2, 0.25) is 0 Å². The van der Waals surface area contributed by atoms with E-state index < -0.39 is 59.6 Å². The summed E-state index contributed by atoms with van der Waals surface area (Å²) < 4.78 is 73.9. The van der Waals surface area contributed by atoms with Crippen molar-refractivity contribution in [3.05, 3.63) is 41.2 Å². The number of carbonyl (C=O) groups is 2. The molecular formula is C14H11F5O4. The quantitative estimate of drug-likeness (QED) is 0.200. The van der Waals surface area contributed by atoms with E-state index in [0.29, 0.717) is 0 Å². The van der Waals surface area contributed by atoms with Gasteiger partial charge in [0.1, 0.15) is 6.61 Å². The minimum absolute atomic E-state index is 0.0258. The third kappa shape index (κ3) is 4.76. The Balaban J connectivity index is 2.70. The van der Waals surface area contributed by atoms with Crippen LogP contribution in [0, 0.1) is 29.1 Å². The third-order valence-corrected chi connectivity index (χ3v) is 2.49. The second-order valence-electron chi connectivity index (χ2n) is 4.13. The zero-order valence-electron chi connectivity index (χ0n) is 11.8. The van der Waals surface area contributed by atoms with Crippen molar-refractivity contribution < 1.29 is 41.0 Å². The number of ether oxygens (including phenoxy) is 2. The number of benzene rings is 1. The maximum Gasteiger partial charge on any atom is 0.311 e. The van der Waals surface area contributed by atoms with Gasteiger partial charge in [-0.15, -0.1) is 0 Å². The molecule has 0 N–H and O–H groups in total. The van der Waals surface area contributed by atoms with Gasteiger partial charge in [0.2, 0.25) is 34.8 Å². The SMILES string of the molecule is C/C=C\COC(=O)CCC(=O)Oc1c(F)c(F)c(F)c(F)c1F. The zero-order chi connectivity index (χ0) is 17.6. The molecule has 1 rings (SSSR count). The van der Waals surface area contributed by atoms with E-state index in [9.17, 15) is 31.5 Å². The Labute approximate surface area is 127 Å². The van der Waals surface area contributed by atoms with Crippen molar-refractivity contribution >= 4 is 11.9 Å². The smallest absolute Gasteiger partial charge is 0.311 e. The van der Waals surface area contributed by atoms with Gasteiger partial charge in [0.15, 0.2) is 0 Å². The lowest BCUT2D eigenvalue weighted by atomic mass is 10.2. The maximum absolute atomic E-state index is 13.3. The van der Waals surface area contributed by atoms with Crippen LogP contribution < -0.4 is 4.74 Å². The van der Waals surface area contributed by atoms with Gasteiger partial charge in [-0.1, -0.05) is 12.2 Å². The van der Waals surface area contributed by atoms with Crippen LogP contribution in [0.3, 0.4) is 0 Å². The summed E-state index contributed by atoms with van der Waals surface area (Å²) in [6.07, 6.45) is 2.00. The Kier molecular flexibility index (Phi) is 6.67. The van der Waals surface area contributed by atoms with Gasteiger partial charge in [-0.2, -0.15) is 8.78 Å². The minimum Gasteiger partial charge on any atom is -0.461 e. The summed E-state index contributed by atoms with van der Waals surface area (Å²) in [7, 11) is 0. The molecule has 126 valence electrons. The second-order valence-corrected chi connectivity index (χ2v) is 4.13. The molecule has 0 aromatic heterocycles. The van der Waals surface area contributed by atoms with Crippen LogP contribution in [-0.4, -0.2) is 18.5 Å². The van der Waals surface area contributed by atoms with Crippen molar-refractivity contribution in [2.24, 2.45) is 0 Å². The molecule has 0 aliphatic rings. The molecule has 0 atom stereocenters. The van der Waals surface area contributed by atoms with Gasteiger partial charge < -0.3 is 9.47 Å². The summed E-state index contributed by atoms with van der Waals surface area (Å²) in [5, 5.41) is 0. The van der Waals surface area contributed by atoms with Crippen LogP contribution in [0.5, 0.6) is 5.75 Å². The van der Waals surface area contributed by atoms with Gasteiger partial charge in [-0.25, -0.2) is 13.2 Å². The van der Waals surface area contributed by atoms with E-state index in [2.05, 4.69) is 9.47 Å². The second kappa shape index (κ2) is 8.25. The number of allylic oxidation sites excluding steroid dienone is 1. The molecule has 0 spiro atoms. The lowest BCUT2D eigenvalue weighted by Crippen LogP contribution is -2.15. The van der Waals surface area contributed by atoms with Crippen molar-refractivity contribution in [1.82, 2.24) is 0 Å². The van der Waals surface area contributed by atoms with E-state index in [1.807, 2.05) is 0 Å². The molecule has 0 saturated carbocycles. The van der Waals surface area contributed by atoms with Crippen LogP contribution in [-0.2, 0) is 14.3 Å². The van der Waals surface area contributed by atoms with E-state index in [1.165, 1.54) is 6.08 Å². The molecular weight excluding hydrogens is 327 g/mol. The van der Waals surface area contributed by atoms with Crippen molar-refractivity contribution in [2.75, 3.05) is 6.61 Å². The Hall–Kier alpha value is -2.45. The molecule has 0 bridgehead atoms. The average Bonchev–Trinajstić information content (AvgIpc) is 2.53. The molecule has 0 amide bonds. The van der Waals surface area contributed by atoms with Crippen LogP contribution >= 0.6 is 0 Å². The predicted octanol–water partition coefficient (Wildman–Crippen LogP) is 3.19. The first-order valence-corrected chi connectivity index (χ1v) is 6.28. The fourth-order valence-electron chi connectivity index (χ4n) is 1.35. The fourth-order valence-corrected chi connectivity index (χ4v) is 1.35. The van der Waals surface area contributed by atoms with Gasteiger partial charge in [0.25, 0.3) is 0 Å². The van der Waals surface area contributed by atoms with Crippen LogP contribution in [0.1, 0.15) is 19.8 Å². The van der Waals surface area contributed by atoms with Crippen molar-refractivity contribution in [3.63, 3.8) is 0 Å². The number of carbonyl (C=O) groups excluding carboxylic acids is 2. The van der Waals surface area contributed by atoms with Gasteiger partial charge in [-0.05, 0) is 6.92 Å². The fraction of sp³-hybridized carbons (Fsp3) is 0.286. The lowest BCUT2D eigenvalue weighted by molar-refractivity contribution is -0.146. The summed E-state index contributed by atoms with van der Waals surface area (Å²) in [6.45, 7) is 1.66. The standard InChI is InChI=1S/C14H11F5O4/c1-2-3-6-22-7(20)4-5-8(21)23-14-12(18)10(16)9(15)11(17)13(14)19/h2-3H,4-6H2,1H3/b3-2-. The number of halogens is 5. The first-order valence-electron chi connectivity index (χ1n) is 6.28. The van der Waals surface area contributed by atoms with Gasteiger partial charge in [0.05, 0.1) is 12.8 Å². The Morgan fingerprint density at radius 1 is 0.870 bits per heavy atom. The topological polar surface area (TPSA) is 52.6 Å². The van der Waals surface area contributed by atoms with Gasteiger partial charge in [0, 0.05) is 0 Å². The molecule has 1 aromatic carbocycles. The first-order chi connectivity index (χ1) is 10.8. The summed E-state index contributed by atoms with van der Waals surface area (Å²) >= 11 is 0. The number of hydrogen-bond acceptors (Lipinski definition) is 4. The van der Waals surface area contributed by atoms with E-state index in [-0.39, 0.29) is 6.61 Å².